The quantitative estimate of drug-likeness (QED) is 0.880. The van der Waals surface area contributed by atoms with Crippen molar-refractivity contribution in [1.29, 1.82) is 0 Å². The van der Waals surface area contributed by atoms with Crippen molar-refractivity contribution < 1.29 is 4.79 Å². The smallest absolute Gasteiger partial charge is 0.240 e. The van der Waals surface area contributed by atoms with Crippen LogP contribution in [0.4, 0.5) is 0 Å². The van der Waals surface area contributed by atoms with Crippen molar-refractivity contribution in [1.82, 2.24) is 5.32 Å². The van der Waals surface area contributed by atoms with Crippen LogP contribution in [-0.4, -0.2) is 11.9 Å². The number of hydrogen-bond donors (Lipinski definition) is 2. The van der Waals surface area contributed by atoms with Gasteiger partial charge in [0.15, 0.2) is 0 Å². The summed E-state index contributed by atoms with van der Waals surface area (Å²) >= 11 is 4.95. The third kappa shape index (κ3) is 2.16. The fraction of sp³-hybridized carbons (Fsp3) is 0.444. The van der Waals surface area contributed by atoms with Gasteiger partial charge in [-0.25, -0.2) is 0 Å². The molecule has 1 aromatic heterocycles. The monoisotopic (exact) mass is 274 g/mol. The van der Waals surface area contributed by atoms with Gasteiger partial charge in [0.25, 0.3) is 0 Å². The zero-order valence-corrected chi connectivity index (χ0v) is 9.90. The molecule has 1 atom stereocenters. The molecule has 1 amide bonds. The summed E-state index contributed by atoms with van der Waals surface area (Å²) in [6, 6.07) is 2.07. The van der Waals surface area contributed by atoms with E-state index in [0.717, 1.165) is 22.2 Å². The van der Waals surface area contributed by atoms with Gasteiger partial charge in [-0.15, -0.1) is 11.3 Å². The van der Waals surface area contributed by atoms with Crippen molar-refractivity contribution in [3.05, 3.63) is 20.8 Å². The van der Waals surface area contributed by atoms with Gasteiger partial charge < -0.3 is 5.73 Å². The van der Waals surface area contributed by atoms with Crippen LogP contribution in [0.2, 0.25) is 0 Å². The van der Waals surface area contributed by atoms with Gasteiger partial charge in [0.2, 0.25) is 5.91 Å². The summed E-state index contributed by atoms with van der Waals surface area (Å²) in [5.41, 5.74) is 5.36. The predicted octanol–water partition coefficient (Wildman–Crippen LogP) is 1.79. The lowest BCUT2D eigenvalue weighted by molar-refractivity contribution is -0.120. The number of carbonyl (C=O) groups excluding carboxylic acids is 1. The number of carbonyl (C=O) groups is 1. The number of amides is 1. The molecule has 1 saturated carbocycles. The molecular weight excluding hydrogens is 264 g/mol. The molecule has 0 bridgehead atoms. The zero-order chi connectivity index (χ0) is 10.1. The highest BCUT2D eigenvalue weighted by Gasteiger charge is 2.29. The van der Waals surface area contributed by atoms with Gasteiger partial charge in [0, 0.05) is 15.4 Å². The second kappa shape index (κ2) is 4.00. The maximum absolute atomic E-state index is 11.3. The summed E-state index contributed by atoms with van der Waals surface area (Å²) in [6.45, 7) is 0. The van der Waals surface area contributed by atoms with E-state index >= 15 is 0 Å². The van der Waals surface area contributed by atoms with Gasteiger partial charge in [-0.1, -0.05) is 0 Å². The van der Waals surface area contributed by atoms with Crippen LogP contribution >= 0.6 is 27.3 Å². The first-order valence-electron chi connectivity index (χ1n) is 4.46. The van der Waals surface area contributed by atoms with Gasteiger partial charge in [0.1, 0.15) is 6.04 Å². The highest BCUT2D eigenvalue weighted by atomic mass is 79.9. The molecule has 0 radical (unpaired) electrons. The molecule has 76 valence electrons. The zero-order valence-electron chi connectivity index (χ0n) is 7.50. The topological polar surface area (TPSA) is 55.1 Å². The van der Waals surface area contributed by atoms with E-state index in [2.05, 4.69) is 21.2 Å². The third-order valence-corrected chi connectivity index (χ3v) is 4.11. The van der Waals surface area contributed by atoms with E-state index in [0.29, 0.717) is 6.04 Å². The average Bonchev–Trinajstić information content (AvgIpc) is 2.85. The number of rotatable bonds is 4. The van der Waals surface area contributed by atoms with Gasteiger partial charge in [0.05, 0.1) is 0 Å². The molecule has 5 heteroatoms. The highest BCUT2D eigenvalue weighted by molar-refractivity contribution is 9.10. The Morgan fingerprint density at radius 2 is 2.43 bits per heavy atom. The molecule has 14 heavy (non-hydrogen) atoms. The second-order valence-corrected chi connectivity index (χ2v) is 5.21. The first kappa shape index (κ1) is 10.1. The predicted molar refractivity (Wildman–Crippen MR) is 60.1 cm³/mol. The van der Waals surface area contributed by atoms with Crippen LogP contribution in [0.1, 0.15) is 23.8 Å². The van der Waals surface area contributed by atoms with Crippen LogP contribution in [0.5, 0.6) is 0 Å². The summed E-state index contributed by atoms with van der Waals surface area (Å²) in [4.78, 5) is 12.2. The number of nitrogens with one attached hydrogen (secondary N) is 1. The van der Waals surface area contributed by atoms with Crippen molar-refractivity contribution in [2.75, 3.05) is 0 Å². The van der Waals surface area contributed by atoms with Crippen LogP contribution in [-0.2, 0) is 4.79 Å². The molecule has 2 rings (SSSR count). The molecule has 1 fully saturated rings. The summed E-state index contributed by atoms with van der Waals surface area (Å²) < 4.78 is 0.958. The van der Waals surface area contributed by atoms with Crippen LogP contribution in [0.25, 0.3) is 0 Å². The fourth-order valence-corrected chi connectivity index (χ4v) is 2.95. The van der Waals surface area contributed by atoms with Gasteiger partial charge in [-0.3, -0.25) is 10.1 Å². The minimum Gasteiger partial charge on any atom is -0.368 e. The standard InChI is InChI=1S/C9H11BrN2OS/c10-6-3-4-14-8(6)7(9(11)13)12-5-1-2-5/h3-5,7,12H,1-2H2,(H2,11,13). The maximum Gasteiger partial charge on any atom is 0.240 e. The minimum atomic E-state index is -0.336. The molecule has 1 heterocycles. The third-order valence-electron chi connectivity index (χ3n) is 2.17. The summed E-state index contributed by atoms with van der Waals surface area (Å²) in [7, 11) is 0. The van der Waals surface area contributed by atoms with E-state index in [1.165, 1.54) is 0 Å². The first-order chi connectivity index (χ1) is 6.68. The van der Waals surface area contributed by atoms with Gasteiger partial charge in [-0.05, 0) is 40.2 Å². The van der Waals surface area contributed by atoms with Crippen LogP contribution in [0.3, 0.4) is 0 Å². The SMILES string of the molecule is NC(=O)C(NC1CC1)c1sccc1Br. The molecule has 0 aromatic carbocycles. The summed E-state index contributed by atoms with van der Waals surface area (Å²) in [5.74, 6) is -0.306. The Morgan fingerprint density at radius 1 is 1.71 bits per heavy atom. The van der Waals surface area contributed by atoms with E-state index < -0.39 is 0 Å². The minimum absolute atomic E-state index is 0.306. The molecule has 0 aliphatic heterocycles. The second-order valence-electron chi connectivity index (χ2n) is 3.41. The average molecular weight is 275 g/mol. The van der Waals surface area contributed by atoms with Crippen molar-refractivity contribution in [3.8, 4) is 0 Å². The number of hydrogen-bond acceptors (Lipinski definition) is 3. The lowest BCUT2D eigenvalue weighted by atomic mass is 10.2. The van der Waals surface area contributed by atoms with Gasteiger partial charge >= 0.3 is 0 Å². The summed E-state index contributed by atoms with van der Waals surface area (Å²) in [6.07, 6.45) is 2.29. The van der Waals surface area contributed by atoms with E-state index in [1.54, 1.807) is 11.3 Å². The molecular formula is C9H11BrN2OS. The Kier molecular flexibility index (Phi) is 2.90. The van der Waals surface area contributed by atoms with Crippen LogP contribution < -0.4 is 11.1 Å². The Morgan fingerprint density at radius 3 is 2.86 bits per heavy atom. The lowest BCUT2D eigenvalue weighted by Crippen LogP contribution is -2.34. The lowest BCUT2D eigenvalue weighted by Gasteiger charge is -2.13. The fourth-order valence-electron chi connectivity index (χ4n) is 1.28. The Bertz CT molecular complexity index is 348. The molecule has 3 nitrogen and oxygen atoms in total. The Hall–Kier alpha value is -0.390. The normalized spacial score (nSPS) is 18.1. The van der Waals surface area contributed by atoms with Crippen LogP contribution in [0.15, 0.2) is 15.9 Å². The van der Waals surface area contributed by atoms with E-state index in [4.69, 9.17) is 5.73 Å². The van der Waals surface area contributed by atoms with Gasteiger partial charge in [-0.2, -0.15) is 0 Å². The van der Waals surface area contributed by atoms with E-state index in [9.17, 15) is 4.79 Å². The summed E-state index contributed by atoms with van der Waals surface area (Å²) in [5, 5.41) is 5.19. The molecule has 1 aliphatic carbocycles. The number of nitrogens with two attached hydrogens (primary N) is 1. The Labute approximate surface area is 94.8 Å². The van der Waals surface area contributed by atoms with Crippen molar-refractivity contribution >= 4 is 33.2 Å². The number of primary amides is 1. The first-order valence-corrected chi connectivity index (χ1v) is 6.14. The molecule has 1 unspecified atom stereocenters. The molecule has 3 N–H and O–H groups in total. The molecule has 0 saturated heterocycles. The molecule has 1 aromatic rings. The van der Waals surface area contributed by atoms with Crippen molar-refractivity contribution in [2.45, 2.75) is 24.9 Å². The Balaban J connectivity index is 2.16. The largest absolute Gasteiger partial charge is 0.368 e. The number of halogens is 1. The van der Waals surface area contributed by atoms with Crippen LogP contribution in [0, 0.1) is 0 Å². The number of thiophene rings is 1. The van der Waals surface area contributed by atoms with E-state index in [1.807, 2.05) is 11.4 Å². The highest BCUT2D eigenvalue weighted by Crippen LogP contribution is 2.31. The maximum atomic E-state index is 11.3. The van der Waals surface area contributed by atoms with Crippen molar-refractivity contribution in [3.63, 3.8) is 0 Å². The van der Waals surface area contributed by atoms with Crippen molar-refractivity contribution in [2.24, 2.45) is 5.73 Å². The molecule has 0 spiro atoms. The van der Waals surface area contributed by atoms with E-state index in [-0.39, 0.29) is 11.9 Å². The molecule has 1 aliphatic rings.